The Morgan fingerprint density at radius 1 is 0.846 bits per heavy atom. The van der Waals surface area contributed by atoms with E-state index < -0.39 is 30.2 Å². The lowest BCUT2D eigenvalue weighted by atomic mass is 9.81. The van der Waals surface area contributed by atoms with Crippen molar-refractivity contribution in [3.05, 3.63) is 24.3 Å². The lowest BCUT2D eigenvalue weighted by Gasteiger charge is -2.47. The average molecular weight is 732 g/mol. The van der Waals surface area contributed by atoms with Crippen LogP contribution in [0.3, 0.4) is 0 Å². The van der Waals surface area contributed by atoms with E-state index in [0.717, 1.165) is 49.7 Å². The third kappa shape index (κ3) is 7.48. The van der Waals surface area contributed by atoms with Gasteiger partial charge in [0.15, 0.2) is 5.79 Å². The first-order valence-electron chi connectivity index (χ1n) is 20.1. The number of carbonyl (C=O) groups is 1. The summed E-state index contributed by atoms with van der Waals surface area (Å²) in [6.45, 7) is 11.2. The summed E-state index contributed by atoms with van der Waals surface area (Å²) < 4.78 is 52.9. The van der Waals surface area contributed by atoms with Crippen LogP contribution in [0.5, 0.6) is 0 Å². The van der Waals surface area contributed by atoms with Crippen LogP contribution in [0.4, 0.5) is 0 Å². The number of hydrogen-bond donors (Lipinski definition) is 3. The summed E-state index contributed by atoms with van der Waals surface area (Å²) in [4.78, 5) is 14.0. The van der Waals surface area contributed by atoms with Gasteiger partial charge in [-0.3, -0.25) is 4.79 Å². The fourth-order valence-electron chi connectivity index (χ4n) is 10.8. The number of Topliss-reactive ketones (excluding diaryl/α,β-unsaturated/α-hetero) is 1. The zero-order valence-electron chi connectivity index (χ0n) is 31.0. The molecule has 8 aliphatic rings. The van der Waals surface area contributed by atoms with Crippen molar-refractivity contribution < 1.29 is 52.9 Å². The molecule has 4 N–H and O–H groups in total. The normalized spacial score (nSPS) is 50.4. The number of methoxy groups -OCH3 is 1. The summed E-state index contributed by atoms with van der Waals surface area (Å²) in [5, 5.41) is 21.7. The molecule has 0 unspecified atom stereocenters. The first kappa shape index (κ1) is 37.6. The third-order valence-electron chi connectivity index (χ3n) is 13.6. The van der Waals surface area contributed by atoms with Crippen LogP contribution in [0, 0.1) is 11.8 Å². The van der Waals surface area contributed by atoms with Crippen LogP contribution in [-0.4, -0.2) is 127 Å². The van der Waals surface area contributed by atoms with Gasteiger partial charge in [-0.15, -0.1) is 0 Å². The Kier molecular flexibility index (Phi) is 11.1. The van der Waals surface area contributed by atoms with E-state index in [-0.39, 0.29) is 104 Å². The molecule has 18 atom stereocenters. The Hall–Kier alpha value is -1.29. The van der Waals surface area contributed by atoms with Crippen molar-refractivity contribution in [3.63, 3.8) is 0 Å². The zero-order valence-corrected chi connectivity index (χ0v) is 31.0. The maximum Gasteiger partial charge on any atom is 0.172 e. The lowest BCUT2D eigenvalue weighted by Crippen LogP contribution is -2.58. The van der Waals surface area contributed by atoms with E-state index in [1.54, 1.807) is 7.11 Å². The SMILES string of the molecule is C=C1C[C@@H]2CC[C@]34C[C@@H](O)[C@H](O3)[C@H]3C[C@@H](O4)[C@H]4O[C@H](CC[C@@H]4O3)CC(=O)C[C@@H]3[C@@H](OC)[C@@H](C[C@H](O)CN)O[C@H]3C[C@H]3O[C@@H](CC[C@@H]1O2)C[C@@H](C)C3=C. The van der Waals surface area contributed by atoms with Crippen LogP contribution in [0.25, 0.3) is 0 Å². The van der Waals surface area contributed by atoms with Gasteiger partial charge in [0.2, 0.25) is 0 Å². The number of carbonyl (C=O) groups excluding carboxylic acids is 1. The fraction of sp³-hybridized carbons (Fsp3) is 0.875. The van der Waals surface area contributed by atoms with E-state index in [0.29, 0.717) is 38.5 Å². The number of fused-ring (bicyclic) bond motifs is 9. The quantitative estimate of drug-likeness (QED) is 0.363. The van der Waals surface area contributed by atoms with Gasteiger partial charge in [-0.2, -0.15) is 0 Å². The van der Waals surface area contributed by atoms with Gasteiger partial charge in [-0.05, 0) is 62.0 Å². The smallest absolute Gasteiger partial charge is 0.172 e. The predicted octanol–water partition coefficient (Wildman–Crippen LogP) is 3.42. The van der Waals surface area contributed by atoms with E-state index in [1.165, 1.54) is 0 Å². The van der Waals surface area contributed by atoms with E-state index in [1.807, 2.05) is 0 Å². The number of ketones is 1. The van der Waals surface area contributed by atoms with Crippen molar-refractivity contribution in [1.82, 2.24) is 0 Å². The van der Waals surface area contributed by atoms with Crippen molar-refractivity contribution in [2.75, 3.05) is 13.7 Å². The van der Waals surface area contributed by atoms with E-state index in [2.05, 4.69) is 20.1 Å². The summed E-state index contributed by atoms with van der Waals surface area (Å²) in [5.41, 5.74) is 7.96. The van der Waals surface area contributed by atoms with Crippen LogP contribution in [0.2, 0.25) is 0 Å². The molecule has 0 aromatic carbocycles. The largest absolute Gasteiger partial charge is 0.392 e. The van der Waals surface area contributed by atoms with Gasteiger partial charge >= 0.3 is 0 Å². The topological polar surface area (TPSA) is 157 Å². The molecule has 12 heteroatoms. The number of aliphatic hydroxyl groups is 2. The van der Waals surface area contributed by atoms with Crippen molar-refractivity contribution in [2.24, 2.45) is 17.6 Å². The van der Waals surface area contributed by atoms with Gasteiger partial charge in [-0.25, -0.2) is 0 Å². The zero-order chi connectivity index (χ0) is 36.3. The molecule has 8 heterocycles. The fourth-order valence-corrected chi connectivity index (χ4v) is 10.8. The van der Waals surface area contributed by atoms with Crippen LogP contribution >= 0.6 is 0 Å². The molecule has 0 radical (unpaired) electrons. The van der Waals surface area contributed by atoms with Gasteiger partial charge in [0.05, 0.1) is 79.4 Å². The van der Waals surface area contributed by atoms with Crippen LogP contribution in [0.15, 0.2) is 24.3 Å². The van der Waals surface area contributed by atoms with Crippen LogP contribution < -0.4 is 5.73 Å². The predicted molar refractivity (Wildman–Crippen MR) is 188 cm³/mol. The Morgan fingerprint density at radius 2 is 1.63 bits per heavy atom. The number of nitrogens with two attached hydrogens (primary N) is 1. The minimum Gasteiger partial charge on any atom is -0.392 e. The number of ether oxygens (including phenoxy) is 8. The van der Waals surface area contributed by atoms with E-state index in [9.17, 15) is 15.0 Å². The maximum absolute atomic E-state index is 14.0. The van der Waals surface area contributed by atoms with E-state index in [4.69, 9.17) is 43.6 Å². The monoisotopic (exact) mass is 731 g/mol. The molecule has 292 valence electrons. The summed E-state index contributed by atoms with van der Waals surface area (Å²) in [5.74, 6) is -0.819. The van der Waals surface area contributed by atoms with Gasteiger partial charge in [-0.1, -0.05) is 20.1 Å². The van der Waals surface area contributed by atoms with Crippen molar-refractivity contribution >= 4 is 5.78 Å². The highest BCUT2D eigenvalue weighted by atomic mass is 16.7. The molecule has 1 spiro atoms. The molecule has 8 fully saturated rings. The Morgan fingerprint density at radius 3 is 2.44 bits per heavy atom. The van der Waals surface area contributed by atoms with E-state index >= 15 is 0 Å². The first-order valence-corrected chi connectivity index (χ1v) is 20.1. The Balaban J connectivity index is 1.06. The molecule has 8 rings (SSSR count). The molecule has 8 saturated heterocycles. The van der Waals surface area contributed by atoms with Crippen molar-refractivity contribution in [3.8, 4) is 0 Å². The minimum absolute atomic E-state index is 0.00397. The molecule has 8 aliphatic heterocycles. The molecular formula is C40H61NO11. The molecule has 0 amide bonds. The molecule has 12 nitrogen and oxygen atoms in total. The summed E-state index contributed by atoms with van der Waals surface area (Å²) >= 11 is 0. The summed E-state index contributed by atoms with van der Waals surface area (Å²) in [6, 6.07) is 0. The molecule has 10 bridgehead atoms. The van der Waals surface area contributed by atoms with Crippen LogP contribution in [-0.2, 0) is 42.7 Å². The van der Waals surface area contributed by atoms with Gasteiger partial charge in [0, 0.05) is 64.5 Å². The van der Waals surface area contributed by atoms with Gasteiger partial charge in [0.25, 0.3) is 0 Å². The number of hydrogen-bond acceptors (Lipinski definition) is 12. The number of rotatable bonds is 4. The van der Waals surface area contributed by atoms with Crippen molar-refractivity contribution in [2.45, 2.75) is 194 Å². The Labute approximate surface area is 308 Å². The van der Waals surface area contributed by atoms with Gasteiger partial charge < -0.3 is 53.8 Å². The molecule has 0 aromatic heterocycles. The second-order valence-electron chi connectivity index (χ2n) is 17.2. The van der Waals surface area contributed by atoms with Gasteiger partial charge in [0.1, 0.15) is 18.0 Å². The maximum atomic E-state index is 14.0. The number of aliphatic hydroxyl groups excluding tert-OH is 2. The summed E-state index contributed by atoms with van der Waals surface area (Å²) in [7, 11) is 1.65. The average Bonchev–Trinajstić information content (AvgIpc) is 3.72. The Bertz CT molecular complexity index is 1330. The first-order chi connectivity index (χ1) is 25.0. The van der Waals surface area contributed by atoms with Crippen LogP contribution in [0.1, 0.15) is 96.8 Å². The molecule has 0 aromatic rings. The highest BCUT2D eigenvalue weighted by Crippen LogP contribution is 2.49. The molecule has 0 aliphatic carbocycles. The minimum atomic E-state index is -0.947. The second kappa shape index (κ2) is 15.3. The second-order valence-corrected chi connectivity index (χ2v) is 17.2. The molecular weight excluding hydrogens is 670 g/mol. The molecule has 52 heavy (non-hydrogen) atoms. The van der Waals surface area contributed by atoms with Crippen molar-refractivity contribution in [1.29, 1.82) is 0 Å². The third-order valence-corrected chi connectivity index (χ3v) is 13.6. The standard InChI is InChI=1S/C40H61NO11/c1-20-11-25-5-7-30-21(2)12-27(46-30)9-10-40-18-29(44)38(52-40)35-17-36(51-40)39-31(49-35)8-6-26(48-39)13-23(42)14-28-33(16-32(47-25)22(20)3)50-34(37(28)45-4)15-24(43)19-41/h20,24-39,43-44H,2-3,5-19,41H2,1,4H3/t20-,24+,25+,26-,27+,28+,29-,30+,31+,32-,33+,34-,35-,36-,37-,38+,39+,40-/m1/s1. The highest BCUT2D eigenvalue weighted by Gasteiger charge is 2.59. The summed E-state index contributed by atoms with van der Waals surface area (Å²) in [6.07, 6.45) is 3.90. The highest BCUT2D eigenvalue weighted by molar-refractivity contribution is 5.79. The lowest BCUT2D eigenvalue weighted by molar-refractivity contribution is -0.277. The molecule has 0 saturated carbocycles.